The Balaban J connectivity index is 3.99. The number of methoxy groups -OCH3 is 1. The molecule has 96 valence electrons. The SMILES string of the molecule is CCCC(N)CC(=O)NC(COC)C(C)C. The first-order chi connectivity index (χ1) is 7.51. The summed E-state index contributed by atoms with van der Waals surface area (Å²) in [6.07, 6.45) is 2.31. The van der Waals surface area contributed by atoms with Crippen molar-refractivity contribution in [3.63, 3.8) is 0 Å². The van der Waals surface area contributed by atoms with Gasteiger partial charge in [-0.2, -0.15) is 0 Å². The first-order valence-electron chi connectivity index (χ1n) is 6.05. The number of amides is 1. The highest BCUT2D eigenvalue weighted by Crippen LogP contribution is 2.04. The van der Waals surface area contributed by atoms with Crippen LogP contribution >= 0.6 is 0 Å². The molecule has 0 spiro atoms. The lowest BCUT2D eigenvalue weighted by Gasteiger charge is -2.22. The molecule has 0 aromatic carbocycles. The molecule has 0 aromatic heterocycles. The van der Waals surface area contributed by atoms with Crippen LogP contribution in [0, 0.1) is 5.92 Å². The average molecular weight is 230 g/mol. The van der Waals surface area contributed by atoms with Gasteiger partial charge in [-0.15, -0.1) is 0 Å². The Morgan fingerprint density at radius 2 is 2.06 bits per heavy atom. The summed E-state index contributed by atoms with van der Waals surface area (Å²) < 4.78 is 5.07. The molecule has 2 unspecified atom stereocenters. The fourth-order valence-electron chi connectivity index (χ4n) is 1.56. The molecule has 0 aromatic rings. The molecule has 16 heavy (non-hydrogen) atoms. The van der Waals surface area contributed by atoms with E-state index in [1.54, 1.807) is 7.11 Å². The molecule has 0 rings (SSSR count). The van der Waals surface area contributed by atoms with Gasteiger partial charge < -0.3 is 15.8 Å². The minimum absolute atomic E-state index is 0.0247. The topological polar surface area (TPSA) is 64.4 Å². The minimum atomic E-state index is -0.0274. The van der Waals surface area contributed by atoms with Gasteiger partial charge in [0, 0.05) is 19.6 Å². The summed E-state index contributed by atoms with van der Waals surface area (Å²) in [4.78, 5) is 11.7. The predicted molar refractivity (Wildman–Crippen MR) is 66.1 cm³/mol. The molecular formula is C12H26N2O2. The van der Waals surface area contributed by atoms with E-state index >= 15 is 0 Å². The highest BCUT2D eigenvalue weighted by Gasteiger charge is 2.17. The zero-order chi connectivity index (χ0) is 12.6. The number of ether oxygens (including phenoxy) is 1. The number of rotatable bonds is 8. The van der Waals surface area contributed by atoms with Gasteiger partial charge in [0.25, 0.3) is 0 Å². The Morgan fingerprint density at radius 1 is 1.44 bits per heavy atom. The Bertz CT molecular complexity index is 195. The third-order valence-electron chi connectivity index (χ3n) is 2.60. The molecule has 0 heterocycles. The maximum absolute atomic E-state index is 11.7. The summed E-state index contributed by atoms with van der Waals surface area (Å²) in [7, 11) is 1.64. The second kappa shape index (κ2) is 8.53. The van der Waals surface area contributed by atoms with E-state index in [2.05, 4.69) is 26.1 Å². The maximum Gasteiger partial charge on any atom is 0.221 e. The quantitative estimate of drug-likeness (QED) is 0.660. The Kier molecular flexibility index (Phi) is 8.21. The molecule has 0 aliphatic heterocycles. The van der Waals surface area contributed by atoms with Crippen molar-refractivity contribution in [2.45, 2.75) is 52.1 Å². The zero-order valence-corrected chi connectivity index (χ0v) is 11.0. The van der Waals surface area contributed by atoms with Crippen LogP contribution in [0.4, 0.5) is 0 Å². The summed E-state index contributed by atoms with van der Waals surface area (Å²) in [5, 5.41) is 2.96. The van der Waals surface area contributed by atoms with Crippen LogP contribution in [0.1, 0.15) is 40.0 Å². The van der Waals surface area contributed by atoms with E-state index in [1.807, 2.05) is 0 Å². The smallest absolute Gasteiger partial charge is 0.221 e. The Morgan fingerprint density at radius 3 is 2.50 bits per heavy atom. The highest BCUT2D eigenvalue weighted by molar-refractivity contribution is 5.76. The van der Waals surface area contributed by atoms with Crippen LogP contribution in [0.25, 0.3) is 0 Å². The predicted octanol–water partition coefficient (Wildman–Crippen LogP) is 1.29. The largest absolute Gasteiger partial charge is 0.383 e. The summed E-state index contributed by atoms with van der Waals surface area (Å²) in [5.74, 6) is 0.392. The molecule has 0 aliphatic carbocycles. The van der Waals surface area contributed by atoms with Gasteiger partial charge in [-0.05, 0) is 12.3 Å². The van der Waals surface area contributed by atoms with Crippen molar-refractivity contribution in [1.29, 1.82) is 0 Å². The lowest BCUT2D eigenvalue weighted by atomic mass is 10.0. The van der Waals surface area contributed by atoms with Crippen LogP contribution in [-0.2, 0) is 9.53 Å². The van der Waals surface area contributed by atoms with Gasteiger partial charge in [0.15, 0.2) is 0 Å². The van der Waals surface area contributed by atoms with E-state index in [0.29, 0.717) is 18.9 Å². The van der Waals surface area contributed by atoms with Gasteiger partial charge in [0.1, 0.15) is 0 Å². The van der Waals surface area contributed by atoms with E-state index in [9.17, 15) is 4.79 Å². The van der Waals surface area contributed by atoms with E-state index in [4.69, 9.17) is 10.5 Å². The van der Waals surface area contributed by atoms with Gasteiger partial charge >= 0.3 is 0 Å². The van der Waals surface area contributed by atoms with E-state index in [-0.39, 0.29) is 18.0 Å². The van der Waals surface area contributed by atoms with Crippen LogP contribution < -0.4 is 11.1 Å². The molecule has 0 bridgehead atoms. The van der Waals surface area contributed by atoms with Crippen LogP contribution in [0.5, 0.6) is 0 Å². The molecule has 1 amide bonds. The molecule has 4 heteroatoms. The molecule has 0 radical (unpaired) electrons. The average Bonchev–Trinajstić information content (AvgIpc) is 2.16. The Labute approximate surface area is 98.9 Å². The fourth-order valence-corrected chi connectivity index (χ4v) is 1.56. The minimum Gasteiger partial charge on any atom is -0.383 e. The number of nitrogens with one attached hydrogen (secondary N) is 1. The van der Waals surface area contributed by atoms with Gasteiger partial charge in [-0.25, -0.2) is 0 Å². The second-order valence-corrected chi connectivity index (χ2v) is 4.63. The van der Waals surface area contributed by atoms with Crippen molar-refractivity contribution in [3.8, 4) is 0 Å². The van der Waals surface area contributed by atoms with Gasteiger partial charge in [0.2, 0.25) is 5.91 Å². The molecule has 0 aliphatic rings. The molecule has 0 saturated carbocycles. The van der Waals surface area contributed by atoms with Crippen molar-refractivity contribution >= 4 is 5.91 Å². The van der Waals surface area contributed by atoms with E-state index in [1.165, 1.54) is 0 Å². The first kappa shape index (κ1) is 15.4. The van der Waals surface area contributed by atoms with Crippen LogP contribution in [0.2, 0.25) is 0 Å². The third kappa shape index (κ3) is 6.80. The van der Waals surface area contributed by atoms with Crippen LogP contribution in [-0.4, -0.2) is 31.7 Å². The van der Waals surface area contributed by atoms with Gasteiger partial charge in [0.05, 0.1) is 12.6 Å². The summed E-state index contributed by atoms with van der Waals surface area (Å²) >= 11 is 0. The van der Waals surface area contributed by atoms with Crippen molar-refractivity contribution in [3.05, 3.63) is 0 Å². The first-order valence-corrected chi connectivity index (χ1v) is 6.05. The monoisotopic (exact) mass is 230 g/mol. The molecule has 4 nitrogen and oxygen atoms in total. The number of hydrogen-bond acceptors (Lipinski definition) is 3. The lowest BCUT2D eigenvalue weighted by molar-refractivity contribution is -0.122. The van der Waals surface area contributed by atoms with Crippen LogP contribution in [0.3, 0.4) is 0 Å². The standard InChI is InChI=1S/C12H26N2O2/c1-5-6-10(13)7-12(15)14-11(8-16-4)9(2)3/h9-11H,5-8,13H2,1-4H3,(H,14,15). The maximum atomic E-state index is 11.7. The second-order valence-electron chi connectivity index (χ2n) is 4.63. The Hall–Kier alpha value is -0.610. The number of carbonyl (C=O) groups excluding carboxylic acids is 1. The third-order valence-corrected chi connectivity index (χ3v) is 2.60. The fraction of sp³-hybridized carbons (Fsp3) is 0.917. The van der Waals surface area contributed by atoms with Gasteiger partial charge in [-0.1, -0.05) is 27.2 Å². The lowest BCUT2D eigenvalue weighted by Crippen LogP contribution is -2.43. The van der Waals surface area contributed by atoms with Crippen molar-refractivity contribution in [2.75, 3.05) is 13.7 Å². The molecule has 0 fully saturated rings. The normalized spacial score (nSPS) is 14.9. The number of carbonyl (C=O) groups is 1. The van der Waals surface area contributed by atoms with Crippen LogP contribution in [0.15, 0.2) is 0 Å². The van der Waals surface area contributed by atoms with Crippen molar-refractivity contribution in [1.82, 2.24) is 5.32 Å². The summed E-state index contributed by atoms with van der Waals surface area (Å²) in [5.41, 5.74) is 5.82. The molecule has 3 N–H and O–H groups in total. The summed E-state index contributed by atoms with van der Waals surface area (Å²) in [6, 6.07) is 0.0479. The van der Waals surface area contributed by atoms with E-state index in [0.717, 1.165) is 12.8 Å². The van der Waals surface area contributed by atoms with Gasteiger partial charge in [-0.3, -0.25) is 4.79 Å². The number of hydrogen-bond donors (Lipinski definition) is 2. The van der Waals surface area contributed by atoms with Crippen molar-refractivity contribution < 1.29 is 9.53 Å². The zero-order valence-electron chi connectivity index (χ0n) is 11.0. The molecule has 2 atom stereocenters. The molecular weight excluding hydrogens is 204 g/mol. The van der Waals surface area contributed by atoms with Crippen molar-refractivity contribution in [2.24, 2.45) is 11.7 Å². The number of nitrogens with two attached hydrogens (primary N) is 1. The van der Waals surface area contributed by atoms with E-state index < -0.39 is 0 Å². The highest BCUT2D eigenvalue weighted by atomic mass is 16.5. The molecule has 0 saturated heterocycles. The summed E-state index contributed by atoms with van der Waals surface area (Å²) in [6.45, 7) is 6.75.